The highest BCUT2D eigenvalue weighted by atomic mass is 19.4. The maximum absolute atomic E-state index is 13.8. The van der Waals surface area contributed by atoms with Crippen LogP contribution in [0.4, 0.5) is 18.0 Å². The molecular weight excluding hydrogens is 373 g/mol. The van der Waals surface area contributed by atoms with Crippen molar-refractivity contribution in [2.75, 3.05) is 0 Å². The third-order valence-corrected chi connectivity index (χ3v) is 4.86. The summed E-state index contributed by atoms with van der Waals surface area (Å²) in [6, 6.07) is 9.77. The first-order valence-electron chi connectivity index (χ1n) is 8.58. The predicted molar refractivity (Wildman–Crippen MR) is 95.6 cm³/mol. The molecule has 3 atom stereocenters. The van der Waals surface area contributed by atoms with Crippen LogP contribution in [0.15, 0.2) is 48.5 Å². The second-order valence-corrected chi connectivity index (χ2v) is 6.96. The summed E-state index contributed by atoms with van der Waals surface area (Å²) >= 11 is 0. The van der Waals surface area contributed by atoms with E-state index >= 15 is 0 Å². The van der Waals surface area contributed by atoms with Gasteiger partial charge in [-0.2, -0.15) is 13.2 Å². The van der Waals surface area contributed by atoms with Gasteiger partial charge in [0.15, 0.2) is 5.78 Å². The fourth-order valence-corrected chi connectivity index (χ4v) is 3.29. The average molecular weight is 392 g/mol. The molecule has 0 aromatic heterocycles. The third kappa shape index (κ3) is 3.47. The summed E-state index contributed by atoms with van der Waals surface area (Å²) in [6.45, 7) is 3.57. The Balaban J connectivity index is 2.15. The number of rotatable bonds is 3. The average Bonchev–Trinajstić information content (AvgIpc) is 2.61. The molecule has 5 nitrogen and oxygen atoms in total. The molecule has 1 heterocycles. The lowest BCUT2D eigenvalue weighted by atomic mass is 9.77. The van der Waals surface area contributed by atoms with Crippen LogP contribution < -0.4 is 10.6 Å². The Bertz CT molecular complexity index is 894. The third-order valence-electron chi connectivity index (χ3n) is 4.86. The maximum Gasteiger partial charge on any atom is 0.437 e. The van der Waals surface area contributed by atoms with E-state index in [0.717, 1.165) is 11.1 Å². The second-order valence-electron chi connectivity index (χ2n) is 6.96. The Morgan fingerprint density at radius 1 is 1.00 bits per heavy atom. The Kier molecular flexibility index (Phi) is 4.93. The summed E-state index contributed by atoms with van der Waals surface area (Å²) in [4.78, 5) is 25.0. The Hall–Kier alpha value is -2.87. The van der Waals surface area contributed by atoms with E-state index in [2.05, 4.69) is 5.32 Å². The number of aryl methyl sites for hydroxylation is 2. The van der Waals surface area contributed by atoms with Crippen LogP contribution in [0.2, 0.25) is 0 Å². The smallest absolute Gasteiger partial charge is 0.363 e. The van der Waals surface area contributed by atoms with Crippen LogP contribution in [0.25, 0.3) is 0 Å². The molecular formula is C20H19F3N2O3. The van der Waals surface area contributed by atoms with Gasteiger partial charge >= 0.3 is 12.2 Å². The number of halogens is 3. The summed E-state index contributed by atoms with van der Waals surface area (Å²) in [5.41, 5.74) is -1.74. The largest absolute Gasteiger partial charge is 0.437 e. The number of benzene rings is 2. The predicted octanol–water partition coefficient (Wildman–Crippen LogP) is 3.41. The number of hydrogen-bond acceptors (Lipinski definition) is 3. The molecule has 28 heavy (non-hydrogen) atoms. The van der Waals surface area contributed by atoms with Crippen LogP contribution in [-0.4, -0.2) is 28.8 Å². The SMILES string of the molecule is Cc1ccc(C(=O)[C@H]2[C@H](c3ccc(C)cc3)NC(=O)N[C@@]2(O)C(F)(F)F)cc1. The molecule has 148 valence electrons. The molecule has 3 rings (SSSR count). The van der Waals surface area contributed by atoms with Crippen LogP contribution in [0.1, 0.15) is 33.1 Å². The van der Waals surface area contributed by atoms with E-state index in [1.54, 1.807) is 38.1 Å². The molecule has 2 aromatic carbocycles. The molecule has 0 saturated carbocycles. The molecule has 0 bridgehead atoms. The van der Waals surface area contributed by atoms with Gasteiger partial charge in [-0.05, 0) is 19.4 Å². The molecule has 3 N–H and O–H groups in total. The van der Waals surface area contributed by atoms with Crippen LogP contribution in [-0.2, 0) is 0 Å². The Morgan fingerprint density at radius 2 is 1.50 bits per heavy atom. The van der Waals surface area contributed by atoms with Gasteiger partial charge in [-0.15, -0.1) is 0 Å². The van der Waals surface area contributed by atoms with E-state index < -0.39 is 35.7 Å². The van der Waals surface area contributed by atoms with Gasteiger partial charge in [-0.3, -0.25) is 4.79 Å². The first-order valence-corrected chi connectivity index (χ1v) is 8.58. The minimum absolute atomic E-state index is 0.00772. The summed E-state index contributed by atoms with van der Waals surface area (Å²) < 4.78 is 41.4. The Morgan fingerprint density at radius 3 is 2.00 bits per heavy atom. The van der Waals surface area contributed by atoms with E-state index in [1.807, 2.05) is 0 Å². The molecule has 0 spiro atoms. The zero-order valence-corrected chi connectivity index (χ0v) is 15.2. The fourth-order valence-electron chi connectivity index (χ4n) is 3.29. The summed E-state index contributed by atoms with van der Waals surface area (Å²) in [5, 5.41) is 14.4. The number of nitrogens with one attached hydrogen (secondary N) is 2. The van der Waals surface area contributed by atoms with Gasteiger partial charge in [0, 0.05) is 5.56 Å². The van der Waals surface area contributed by atoms with Crippen molar-refractivity contribution in [3.63, 3.8) is 0 Å². The summed E-state index contributed by atoms with van der Waals surface area (Å²) in [6.07, 6.45) is -5.27. The lowest BCUT2D eigenvalue weighted by Gasteiger charge is -2.45. The molecule has 1 aliphatic rings. The minimum atomic E-state index is -5.27. The maximum atomic E-state index is 13.8. The van der Waals surface area contributed by atoms with Crippen molar-refractivity contribution in [3.8, 4) is 0 Å². The van der Waals surface area contributed by atoms with Crippen molar-refractivity contribution in [1.29, 1.82) is 0 Å². The molecule has 1 aliphatic heterocycles. The van der Waals surface area contributed by atoms with Crippen molar-refractivity contribution in [2.24, 2.45) is 5.92 Å². The van der Waals surface area contributed by atoms with Gasteiger partial charge in [0.25, 0.3) is 0 Å². The number of carbonyl (C=O) groups is 2. The van der Waals surface area contributed by atoms with Gasteiger partial charge < -0.3 is 15.7 Å². The van der Waals surface area contributed by atoms with Crippen molar-refractivity contribution < 1.29 is 27.9 Å². The van der Waals surface area contributed by atoms with E-state index in [4.69, 9.17) is 0 Å². The van der Waals surface area contributed by atoms with E-state index in [1.165, 1.54) is 29.6 Å². The van der Waals surface area contributed by atoms with Gasteiger partial charge in [0.1, 0.15) is 5.92 Å². The number of urea groups is 1. The van der Waals surface area contributed by atoms with Crippen molar-refractivity contribution in [2.45, 2.75) is 31.8 Å². The van der Waals surface area contributed by atoms with Crippen molar-refractivity contribution in [1.82, 2.24) is 10.6 Å². The summed E-state index contributed by atoms with van der Waals surface area (Å²) in [5.74, 6) is -2.95. The molecule has 2 amide bonds. The first-order chi connectivity index (χ1) is 13.0. The minimum Gasteiger partial charge on any atom is -0.363 e. The highest BCUT2D eigenvalue weighted by Gasteiger charge is 2.66. The number of Topliss-reactive ketones (excluding diaryl/α,β-unsaturated/α-hetero) is 1. The van der Waals surface area contributed by atoms with E-state index in [-0.39, 0.29) is 11.1 Å². The zero-order valence-electron chi connectivity index (χ0n) is 15.2. The van der Waals surface area contributed by atoms with Crippen LogP contribution >= 0.6 is 0 Å². The first kappa shape index (κ1) is 19.9. The van der Waals surface area contributed by atoms with Crippen molar-refractivity contribution >= 4 is 11.8 Å². The quantitative estimate of drug-likeness (QED) is 0.701. The molecule has 0 radical (unpaired) electrons. The van der Waals surface area contributed by atoms with Gasteiger partial charge in [-0.25, -0.2) is 4.79 Å². The summed E-state index contributed by atoms with van der Waals surface area (Å²) in [7, 11) is 0. The number of alkyl halides is 3. The van der Waals surface area contributed by atoms with Crippen LogP contribution in [0.5, 0.6) is 0 Å². The van der Waals surface area contributed by atoms with Gasteiger partial charge in [-0.1, -0.05) is 59.7 Å². The number of carbonyl (C=O) groups excluding carboxylic acids is 2. The molecule has 8 heteroatoms. The Labute approximate surface area is 159 Å². The molecule has 0 unspecified atom stereocenters. The number of ketones is 1. The standard InChI is InChI=1S/C20H19F3N2O3/c1-11-3-7-13(8-4-11)16-15(17(26)14-9-5-12(2)6-10-14)19(28,20(21,22)23)25-18(27)24-16/h3-10,15-16,28H,1-2H3,(H2,24,25,27)/t15-,16+,19+/m1/s1. The van der Waals surface area contributed by atoms with Crippen molar-refractivity contribution in [3.05, 3.63) is 70.8 Å². The number of hydrogen-bond donors (Lipinski definition) is 3. The van der Waals surface area contributed by atoms with Gasteiger partial charge in [0.05, 0.1) is 6.04 Å². The highest BCUT2D eigenvalue weighted by Crippen LogP contribution is 2.43. The molecule has 1 saturated heterocycles. The molecule has 1 fully saturated rings. The van der Waals surface area contributed by atoms with Crippen LogP contribution in [0.3, 0.4) is 0 Å². The zero-order chi connectivity index (χ0) is 20.7. The second kappa shape index (κ2) is 6.94. The lowest BCUT2D eigenvalue weighted by Crippen LogP contribution is -2.72. The highest BCUT2D eigenvalue weighted by molar-refractivity contribution is 6.00. The topological polar surface area (TPSA) is 78.4 Å². The number of amides is 2. The monoisotopic (exact) mass is 392 g/mol. The van der Waals surface area contributed by atoms with Gasteiger partial charge in [0.2, 0.25) is 5.72 Å². The molecule has 0 aliphatic carbocycles. The van der Waals surface area contributed by atoms with E-state index in [9.17, 15) is 27.9 Å². The molecule has 2 aromatic rings. The normalized spacial score (nSPS) is 25.0. The lowest BCUT2D eigenvalue weighted by molar-refractivity contribution is -0.287. The van der Waals surface area contributed by atoms with E-state index in [0.29, 0.717) is 0 Å². The van der Waals surface area contributed by atoms with Crippen LogP contribution in [0, 0.1) is 19.8 Å². The number of aliphatic hydroxyl groups is 1. The fraction of sp³-hybridized carbons (Fsp3) is 0.300.